The molecule has 1 fully saturated rings. The molecule has 0 radical (unpaired) electrons. The molecule has 0 spiro atoms. The Morgan fingerprint density at radius 2 is 1.71 bits per heavy atom. The number of hydrogen-bond donors (Lipinski definition) is 1. The van der Waals surface area contributed by atoms with Crippen molar-refractivity contribution in [2.45, 2.75) is 25.9 Å². The number of rotatable bonds is 5. The Kier molecular flexibility index (Phi) is 5.44. The van der Waals surface area contributed by atoms with Gasteiger partial charge in [0.05, 0.1) is 6.10 Å². The lowest BCUT2D eigenvalue weighted by Crippen LogP contribution is -2.38. The Morgan fingerprint density at radius 3 is 2.33 bits per heavy atom. The Bertz CT molecular complexity index is 658. The molecule has 0 aliphatic carbocycles. The first-order valence-electron chi connectivity index (χ1n) is 8.70. The summed E-state index contributed by atoms with van der Waals surface area (Å²) in [6, 6.07) is 17.6. The van der Waals surface area contributed by atoms with E-state index >= 15 is 0 Å². The second-order valence-corrected chi connectivity index (χ2v) is 6.73. The first kappa shape index (κ1) is 16.9. The summed E-state index contributed by atoms with van der Waals surface area (Å²) in [5.41, 5.74) is 2.98. The van der Waals surface area contributed by atoms with E-state index in [1.165, 1.54) is 5.56 Å². The SMILES string of the molecule is Cc1ccc(C(O)CN2CCC(C(=O)c3ccccc3)CC2)cc1. The lowest BCUT2D eigenvalue weighted by atomic mass is 9.88. The molecule has 1 N–H and O–H groups in total. The van der Waals surface area contributed by atoms with Gasteiger partial charge in [0.15, 0.2) is 5.78 Å². The van der Waals surface area contributed by atoms with E-state index in [0.717, 1.165) is 37.1 Å². The minimum absolute atomic E-state index is 0.111. The molecule has 0 amide bonds. The van der Waals surface area contributed by atoms with Crippen LogP contribution in [0.25, 0.3) is 0 Å². The van der Waals surface area contributed by atoms with Gasteiger partial charge in [-0.3, -0.25) is 4.79 Å². The number of carbonyl (C=O) groups excluding carboxylic acids is 1. The number of β-amino-alcohol motifs (C(OH)–C–C–N with tert-alkyl or cyclic N) is 1. The second-order valence-electron chi connectivity index (χ2n) is 6.73. The zero-order valence-electron chi connectivity index (χ0n) is 14.2. The van der Waals surface area contributed by atoms with Crippen LogP contribution < -0.4 is 0 Å². The third-order valence-corrected chi connectivity index (χ3v) is 4.91. The molecule has 3 heteroatoms. The van der Waals surface area contributed by atoms with Crippen molar-refractivity contribution in [2.24, 2.45) is 5.92 Å². The normalized spacial score (nSPS) is 17.6. The molecule has 0 bridgehead atoms. The van der Waals surface area contributed by atoms with E-state index < -0.39 is 6.10 Å². The van der Waals surface area contributed by atoms with Gasteiger partial charge in [-0.15, -0.1) is 0 Å². The van der Waals surface area contributed by atoms with Gasteiger partial charge < -0.3 is 10.0 Å². The molecule has 1 saturated heterocycles. The fourth-order valence-electron chi connectivity index (χ4n) is 3.35. The number of likely N-dealkylation sites (tertiary alicyclic amines) is 1. The van der Waals surface area contributed by atoms with Gasteiger partial charge in [0, 0.05) is 18.0 Å². The zero-order valence-corrected chi connectivity index (χ0v) is 14.2. The van der Waals surface area contributed by atoms with Crippen LogP contribution in [0.3, 0.4) is 0 Å². The number of benzene rings is 2. The van der Waals surface area contributed by atoms with Crippen molar-refractivity contribution >= 4 is 5.78 Å². The number of aryl methyl sites for hydroxylation is 1. The van der Waals surface area contributed by atoms with Crippen LogP contribution in [-0.2, 0) is 0 Å². The number of nitrogens with zero attached hydrogens (tertiary/aromatic N) is 1. The molecule has 3 rings (SSSR count). The van der Waals surface area contributed by atoms with Crippen LogP contribution in [0.1, 0.15) is 40.4 Å². The molecule has 24 heavy (non-hydrogen) atoms. The highest BCUT2D eigenvalue weighted by atomic mass is 16.3. The Balaban J connectivity index is 1.52. The Hall–Kier alpha value is -1.97. The maximum absolute atomic E-state index is 12.5. The highest BCUT2D eigenvalue weighted by molar-refractivity contribution is 5.97. The molecule has 1 aliphatic rings. The quantitative estimate of drug-likeness (QED) is 0.854. The van der Waals surface area contributed by atoms with Crippen LogP contribution >= 0.6 is 0 Å². The molecule has 126 valence electrons. The van der Waals surface area contributed by atoms with Gasteiger partial charge in [0.25, 0.3) is 0 Å². The van der Waals surface area contributed by atoms with Crippen molar-refractivity contribution in [3.05, 3.63) is 71.3 Å². The second kappa shape index (κ2) is 7.73. The maximum Gasteiger partial charge on any atom is 0.166 e. The molecular formula is C21H25NO2. The van der Waals surface area contributed by atoms with E-state index in [1.807, 2.05) is 61.5 Å². The third kappa shape index (κ3) is 4.11. The topological polar surface area (TPSA) is 40.5 Å². The number of carbonyl (C=O) groups is 1. The minimum atomic E-state index is -0.466. The first-order valence-corrected chi connectivity index (χ1v) is 8.70. The van der Waals surface area contributed by atoms with Crippen molar-refractivity contribution in [1.29, 1.82) is 0 Å². The van der Waals surface area contributed by atoms with Crippen molar-refractivity contribution in [2.75, 3.05) is 19.6 Å². The van der Waals surface area contributed by atoms with Gasteiger partial charge in [0.2, 0.25) is 0 Å². The fraction of sp³-hybridized carbons (Fsp3) is 0.381. The molecule has 0 saturated carbocycles. The van der Waals surface area contributed by atoms with Crippen LogP contribution in [0, 0.1) is 12.8 Å². The summed E-state index contributed by atoms with van der Waals surface area (Å²) in [7, 11) is 0. The Morgan fingerprint density at radius 1 is 1.08 bits per heavy atom. The number of piperidine rings is 1. The highest BCUT2D eigenvalue weighted by Crippen LogP contribution is 2.24. The lowest BCUT2D eigenvalue weighted by molar-refractivity contribution is 0.0727. The number of aliphatic hydroxyl groups excluding tert-OH is 1. The highest BCUT2D eigenvalue weighted by Gasteiger charge is 2.26. The summed E-state index contributed by atoms with van der Waals surface area (Å²) in [5, 5.41) is 10.4. The summed E-state index contributed by atoms with van der Waals surface area (Å²) >= 11 is 0. The fourth-order valence-corrected chi connectivity index (χ4v) is 3.35. The molecule has 2 aromatic rings. The average molecular weight is 323 g/mol. The van der Waals surface area contributed by atoms with Gasteiger partial charge in [0.1, 0.15) is 0 Å². The molecule has 1 heterocycles. The third-order valence-electron chi connectivity index (χ3n) is 4.91. The van der Waals surface area contributed by atoms with Crippen molar-refractivity contribution in [3.8, 4) is 0 Å². The number of Topliss-reactive ketones (excluding diaryl/α,β-unsaturated/α-hetero) is 1. The van der Waals surface area contributed by atoms with Crippen LogP contribution in [0.2, 0.25) is 0 Å². The lowest BCUT2D eigenvalue weighted by Gasteiger charge is -2.32. The van der Waals surface area contributed by atoms with E-state index in [9.17, 15) is 9.90 Å². The standard InChI is InChI=1S/C21H25NO2/c1-16-7-9-17(10-8-16)20(23)15-22-13-11-19(12-14-22)21(24)18-5-3-2-4-6-18/h2-10,19-20,23H,11-15H2,1H3. The summed E-state index contributed by atoms with van der Waals surface area (Å²) in [6.07, 6.45) is 1.27. The van der Waals surface area contributed by atoms with E-state index in [1.54, 1.807) is 0 Å². The summed E-state index contributed by atoms with van der Waals surface area (Å²) in [5.74, 6) is 0.370. The summed E-state index contributed by atoms with van der Waals surface area (Å²) < 4.78 is 0. The van der Waals surface area contributed by atoms with Crippen LogP contribution in [0.4, 0.5) is 0 Å². The molecule has 0 aromatic heterocycles. The van der Waals surface area contributed by atoms with Crippen molar-refractivity contribution < 1.29 is 9.90 Å². The van der Waals surface area contributed by atoms with Crippen molar-refractivity contribution in [1.82, 2.24) is 4.90 Å². The van der Waals surface area contributed by atoms with Gasteiger partial charge in [-0.25, -0.2) is 0 Å². The van der Waals surface area contributed by atoms with Crippen molar-refractivity contribution in [3.63, 3.8) is 0 Å². The van der Waals surface area contributed by atoms with Crippen LogP contribution in [0.15, 0.2) is 54.6 Å². The number of ketones is 1. The minimum Gasteiger partial charge on any atom is -0.387 e. The molecule has 1 unspecified atom stereocenters. The predicted octanol–water partition coefficient (Wildman–Crippen LogP) is 3.62. The number of aliphatic hydroxyl groups is 1. The largest absolute Gasteiger partial charge is 0.387 e. The van der Waals surface area contributed by atoms with Crippen LogP contribution in [0.5, 0.6) is 0 Å². The Labute approximate surface area is 143 Å². The van der Waals surface area contributed by atoms with Gasteiger partial charge in [-0.2, -0.15) is 0 Å². The maximum atomic E-state index is 12.5. The van der Waals surface area contributed by atoms with Gasteiger partial charge in [-0.1, -0.05) is 60.2 Å². The average Bonchev–Trinajstić information content (AvgIpc) is 2.63. The zero-order chi connectivity index (χ0) is 16.9. The predicted molar refractivity (Wildman–Crippen MR) is 96.1 cm³/mol. The number of hydrogen-bond acceptors (Lipinski definition) is 3. The van der Waals surface area contributed by atoms with Crippen LogP contribution in [-0.4, -0.2) is 35.4 Å². The molecule has 2 aromatic carbocycles. The van der Waals surface area contributed by atoms with Gasteiger partial charge in [-0.05, 0) is 38.4 Å². The van der Waals surface area contributed by atoms with E-state index in [-0.39, 0.29) is 11.7 Å². The smallest absolute Gasteiger partial charge is 0.166 e. The molecule has 3 nitrogen and oxygen atoms in total. The van der Waals surface area contributed by atoms with E-state index in [0.29, 0.717) is 6.54 Å². The van der Waals surface area contributed by atoms with E-state index in [4.69, 9.17) is 0 Å². The summed E-state index contributed by atoms with van der Waals surface area (Å²) in [6.45, 7) is 4.41. The molecule has 1 atom stereocenters. The first-order chi connectivity index (χ1) is 11.6. The molecule has 1 aliphatic heterocycles. The molecular weight excluding hydrogens is 298 g/mol. The van der Waals surface area contributed by atoms with Gasteiger partial charge >= 0.3 is 0 Å². The monoisotopic (exact) mass is 323 g/mol. The summed E-state index contributed by atoms with van der Waals surface area (Å²) in [4.78, 5) is 14.8. The van der Waals surface area contributed by atoms with E-state index in [2.05, 4.69) is 4.90 Å².